The maximum atomic E-state index is 12.2. The molecule has 0 amide bonds. The Morgan fingerprint density at radius 1 is 1.30 bits per heavy atom. The number of rotatable bonds is 12. The number of ketones is 1. The minimum atomic E-state index is -0.763. The van der Waals surface area contributed by atoms with E-state index in [0.717, 1.165) is 44.9 Å². The largest absolute Gasteiger partial charge is 0.481 e. The Morgan fingerprint density at radius 2 is 2.07 bits per heavy atom. The Labute approximate surface area is 163 Å². The van der Waals surface area contributed by atoms with Gasteiger partial charge in [-0.2, -0.15) is 0 Å². The van der Waals surface area contributed by atoms with Crippen LogP contribution < -0.4 is 0 Å². The normalized spacial score (nSPS) is 25.9. The fourth-order valence-electron chi connectivity index (χ4n) is 4.51. The molecule has 0 heterocycles. The van der Waals surface area contributed by atoms with Gasteiger partial charge in [0, 0.05) is 18.8 Å². The monoisotopic (exact) mass is 376 g/mol. The van der Waals surface area contributed by atoms with E-state index >= 15 is 0 Å². The Bertz CT molecular complexity index is 545. The lowest BCUT2D eigenvalue weighted by molar-refractivity contribution is -0.137. The van der Waals surface area contributed by atoms with Crippen LogP contribution in [-0.4, -0.2) is 28.1 Å². The zero-order valence-corrected chi connectivity index (χ0v) is 16.7. The van der Waals surface area contributed by atoms with Crippen LogP contribution in [0, 0.1) is 17.3 Å². The number of allylic oxidation sites excluding steroid dienone is 3. The van der Waals surface area contributed by atoms with Gasteiger partial charge >= 0.3 is 5.97 Å². The molecule has 27 heavy (non-hydrogen) atoms. The molecule has 0 aromatic carbocycles. The molecule has 0 aromatic heterocycles. The molecule has 2 fully saturated rings. The first kappa shape index (κ1) is 21.9. The number of unbranched alkanes of at least 4 members (excludes halogenated alkanes) is 2. The average Bonchev–Trinajstić information content (AvgIpc) is 2.95. The third-order valence-corrected chi connectivity index (χ3v) is 6.52. The molecular weight excluding hydrogens is 340 g/mol. The van der Waals surface area contributed by atoms with Gasteiger partial charge in [-0.1, -0.05) is 50.5 Å². The molecule has 0 saturated heterocycles. The SMILES string of the molecule is CCCCC1([C@@H](O)/C=C/C2CCC(=O)[C@@H]2C/C=C\CCCC(=O)O)CCC1. The molecule has 2 rings (SSSR count). The minimum Gasteiger partial charge on any atom is -0.481 e. The van der Waals surface area contributed by atoms with Crippen LogP contribution in [0.4, 0.5) is 0 Å². The molecule has 2 aliphatic rings. The van der Waals surface area contributed by atoms with Crippen LogP contribution in [0.25, 0.3) is 0 Å². The van der Waals surface area contributed by atoms with Gasteiger partial charge in [-0.05, 0) is 56.3 Å². The highest BCUT2D eigenvalue weighted by molar-refractivity contribution is 5.83. The van der Waals surface area contributed by atoms with E-state index in [-0.39, 0.29) is 29.8 Å². The van der Waals surface area contributed by atoms with Gasteiger partial charge in [0.25, 0.3) is 0 Å². The summed E-state index contributed by atoms with van der Waals surface area (Å²) in [4.78, 5) is 22.7. The summed E-state index contributed by atoms with van der Waals surface area (Å²) in [6, 6.07) is 0. The molecule has 0 aliphatic heterocycles. The van der Waals surface area contributed by atoms with Gasteiger partial charge in [-0.15, -0.1) is 0 Å². The summed E-state index contributed by atoms with van der Waals surface area (Å²) in [5, 5.41) is 19.4. The molecule has 4 nitrogen and oxygen atoms in total. The van der Waals surface area contributed by atoms with Crippen molar-refractivity contribution >= 4 is 11.8 Å². The van der Waals surface area contributed by atoms with Crippen molar-refractivity contribution in [3.63, 3.8) is 0 Å². The van der Waals surface area contributed by atoms with Gasteiger partial charge in [0.15, 0.2) is 0 Å². The number of hydrogen-bond donors (Lipinski definition) is 2. The number of carbonyl (C=O) groups excluding carboxylic acids is 1. The molecule has 152 valence electrons. The summed E-state index contributed by atoms with van der Waals surface area (Å²) >= 11 is 0. The van der Waals surface area contributed by atoms with Crippen LogP contribution in [0.15, 0.2) is 24.3 Å². The van der Waals surface area contributed by atoms with Crippen molar-refractivity contribution in [2.45, 2.75) is 90.1 Å². The van der Waals surface area contributed by atoms with Crippen LogP contribution in [0.2, 0.25) is 0 Å². The number of aliphatic hydroxyl groups is 1. The number of carbonyl (C=O) groups is 2. The molecule has 0 bridgehead atoms. The fraction of sp³-hybridized carbons (Fsp3) is 0.739. The van der Waals surface area contributed by atoms with E-state index in [9.17, 15) is 14.7 Å². The highest BCUT2D eigenvalue weighted by atomic mass is 16.4. The van der Waals surface area contributed by atoms with Gasteiger partial charge in [0.2, 0.25) is 0 Å². The first-order chi connectivity index (χ1) is 13.0. The highest BCUT2D eigenvalue weighted by Crippen LogP contribution is 2.48. The van der Waals surface area contributed by atoms with Crippen molar-refractivity contribution in [2.24, 2.45) is 17.3 Å². The van der Waals surface area contributed by atoms with E-state index in [2.05, 4.69) is 13.0 Å². The number of carboxylic acid groups (broad SMARTS) is 1. The smallest absolute Gasteiger partial charge is 0.303 e. The Kier molecular flexibility index (Phi) is 8.75. The van der Waals surface area contributed by atoms with Crippen molar-refractivity contribution in [3.8, 4) is 0 Å². The lowest BCUT2D eigenvalue weighted by atomic mass is 9.62. The summed E-state index contributed by atoms with van der Waals surface area (Å²) in [6.07, 6.45) is 18.4. The van der Waals surface area contributed by atoms with Crippen molar-refractivity contribution in [3.05, 3.63) is 24.3 Å². The van der Waals surface area contributed by atoms with E-state index < -0.39 is 5.97 Å². The fourth-order valence-corrected chi connectivity index (χ4v) is 4.51. The van der Waals surface area contributed by atoms with Crippen molar-refractivity contribution < 1.29 is 19.8 Å². The van der Waals surface area contributed by atoms with E-state index in [1.165, 1.54) is 12.8 Å². The number of Topliss-reactive ketones (excluding diaryl/α,β-unsaturated/α-hetero) is 1. The van der Waals surface area contributed by atoms with Crippen molar-refractivity contribution in [1.29, 1.82) is 0 Å². The predicted molar refractivity (Wildman–Crippen MR) is 107 cm³/mol. The first-order valence-electron chi connectivity index (χ1n) is 10.7. The lowest BCUT2D eigenvalue weighted by Crippen LogP contribution is -2.40. The van der Waals surface area contributed by atoms with Crippen molar-refractivity contribution in [2.75, 3.05) is 0 Å². The molecule has 0 aromatic rings. The average molecular weight is 377 g/mol. The maximum Gasteiger partial charge on any atom is 0.303 e. The van der Waals surface area contributed by atoms with Gasteiger partial charge in [0.1, 0.15) is 5.78 Å². The van der Waals surface area contributed by atoms with E-state index in [0.29, 0.717) is 18.6 Å². The van der Waals surface area contributed by atoms with Crippen LogP contribution in [0.1, 0.15) is 84.0 Å². The second kappa shape index (κ2) is 10.8. The minimum absolute atomic E-state index is 0.0113. The van der Waals surface area contributed by atoms with E-state index in [1.54, 1.807) is 0 Å². The summed E-state index contributed by atoms with van der Waals surface area (Å²) in [5.74, 6) is -0.212. The van der Waals surface area contributed by atoms with Crippen LogP contribution in [0.3, 0.4) is 0 Å². The quantitative estimate of drug-likeness (QED) is 0.369. The van der Waals surface area contributed by atoms with Crippen LogP contribution >= 0.6 is 0 Å². The Morgan fingerprint density at radius 3 is 2.70 bits per heavy atom. The molecule has 0 spiro atoms. The third kappa shape index (κ3) is 6.31. The molecule has 2 aliphatic carbocycles. The molecular formula is C23H36O4. The molecule has 2 N–H and O–H groups in total. The lowest BCUT2D eigenvalue weighted by Gasteiger charge is -2.45. The topological polar surface area (TPSA) is 74.6 Å². The summed E-state index contributed by atoms with van der Waals surface area (Å²) in [6.45, 7) is 2.19. The summed E-state index contributed by atoms with van der Waals surface area (Å²) < 4.78 is 0. The number of hydrogen-bond acceptors (Lipinski definition) is 3. The molecule has 4 heteroatoms. The van der Waals surface area contributed by atoms with Crippen molar-refractivity contribution in [1.82, 2.24) is 0 Å². The number of aliphatic hydroxyl groups excluding tert-OH is 1. The maximum absolute atomic E-state index is 12.2. The molecule has 3 atom stereocenters. The summed E-state index contributed by atoms with van der Waals surface area (Å²) in [7, 11) is 0. The van der Waals surface area contributed by atoms with E-state index in [4.69, 9.17) is 5.11 Å². The van der Waals surface area contributed by atoms with Crippen LogP contribution in [-0.2, 0) is 9.59 Å². The zero-order chi connectivity index (χ0) is 19.7. The number of aliphatic carboxylic acids is 1. The first-order valence-corrected chi connectivity index (χ1v) is 10.7. The second-order valence-electron chi connectivity index (χ2n) is 8.42. The van der Waals surface area contributed by atoms with Gasteiger partial charge < -0.3 is 10.2 Å². The van der Waals surface area contributed by atoms with Gasteiger partial charge in [0.05, 0.1) is 6.10 Å². The Balaban J connectivity index is 1.84. The second-order valence-corrected chi connectivity index (χ2v) is 8.42. The van der Waals surface area contributed by atoms with E-state index in [1.807, 2.05) is 18.2 Å². The summed E-state index contributed by atoms with van der Waals surface area (Å²) in [5.41, 5.74) is 0.0780. The van der Waals surface area contributed by atoms with Gasteiger partial charge in [-0.25, -0.2) is 0 Å². The van der Waals surface area contributed by atoms with Gasteiger partial charge in [-0.3, -0.25) is 9.59 Å². The Hall–Kier alpha value is -1.42. The zero-order valence-electron chi connectivity index (χ0n) is 16.7. The highest BCUT2D eigenvalue weighted by Gasteiger charge is 2.41. The predicted octanol–water partition coefficient (Wildman–Crippen LogP) is 5.06. The molecule has 1 unspecified atom stereocenters. The number of carboxylic acids is 1. The third-order valence-electron chi connectivity index (χ3n) is 6.52. The van der Waals surface area contributed by atoms with Crippen LogP contribution in [0.5, 0.6) is 0 Å². The molecule has 0 radical (unpaired) electrons. The molecule has 2 saturated carbocycles. The standard InChI is InChI=1S/C23H36O4/c1-2-3-15-23(16-8-17-23)21(25)14-12-18-11-13-20(24)19(18)9-6-4-5-7-10-22(26)27/h4,6,12,14,18-19,21,25H,2-3,5,7-11,13,15-17H2,1H3,(H,26,27)/b6-4-,14-12+/t18?,19-,21+/m1/s1.